The van der Waals surface area contributed by atoms with Crippen molar-refractivity contribution < 1.29 is 4.79 Å². The lowest BCUT2D eigenvalue weighted by Gasteiger charge is -2.16. The first-order valence-electron chi connectivity index (χ1n) is 9.13. The second-order valence-electron chi connectivity index (χ2n) is 6.74. The van der Waals surface area contributed by atoms with E-state index < -0.39 is 0 Å². The number of nitrogens with zero attached hydrogens (tertiary/aromatic N) is 2. The van der Waals surface area contributed by atoms with E-state index in [1.165, 1.54) is 36.8 Å². The zero-order valence-electron chi connectivity index (χ0n) is 14.8. The molecule has 1 aromatic heterocycles. The van der Waals surface area contributed by atoms with Crippen LogP contribution in [0.25, 0.3) is 0 Å². The summed E-state index contributed by atoms with van der Waals surface area (Å²) in [5.41, 5.74) is 2.96. The molecule has 1 aliphatic carbocycles. The molecule has 0 atom stereocenters. The molecule has 132 valence electrons. The molecular formula is C20H26N4O. The van der Waals surface area contributed by atoms with E-state index in [1.54, 1.807) is 12.4 Å². The average Bonchev–Trinajstić information content (AvgIpc) is 2.90. The van der Waals surface area contributed by atoms with Crippen LogP contribution in [0.1, 0.15) is 60.0 Å². The molecule has 1 fully saturated rings. The standard InChI is InChI=1S/C20H26N4O/c1-15-8-6-7-9-16(15)12-21-20-22-13-17(14-23-20)19(25)24-18-10-4-2-3-5-11-18/h6-9,13-14,18H,2-5,10-12H2,1H3,(H,24,25)(H,21,22,23). The maximum absolute atomic E-state index is 12.3. The molecule has 0 saturated heterocycles. The highest BCUT2D eigenvalue weighted by atomic mass is 16.1. The molecule has 0 bridgehead atoms. The van der Waals surface area contributed by atoms with E-state index in [-0.39, 0.29) is 11.9 Å². The minimum Gasteiger partial charge on any atom is -0.350 e. The highest BCUT2D eigenvalue weighted by Gasteiger charge is 2.16. The van der Waals surface area contributed by atoms with Crippen LogP contribution in [0.15, 0.2) is 36.7 Å². The number of hydrogen-bond acceptors (Lipinski definition) is 4. The summed E-state index contributed by atoms with van der Waals surface area (Å²) in [7, 11) is 0. The van der Waals surface area contributed by atoms with Gasteiger partial charge in [0.05, 0.1) is 5.56 Å². The van der Waals surface area contributed by atoms with Crippen LogP contribution in [-0.2, 0) is 6.54 Å². The summed E-state index contributed by atoms with van der Waals surface area (Å²) in [6.45, 7) is 2.75. The number of nitrogens with one attached hydrogen (secondary N) is 2. The smallest absolute Gasteiger partial charge is 0.254 e. The molecule has 2 aromatic rings. The number of benzene rings is 1. The number of anilines is 1. The SMILES string of the molecule is Cc1ccccc1CNc1ncc(C(=O)NC2CCCCCC2)cn1. The molecule has 1 amide bonds. The Labute approximate surface area is 149 Å². The highest BCUT2D eigenvalue weighted by molar-refractivity contribution is 5.93. The van der Waals surface area contributed by atoms with E-state index in [2.05, 4.69) is 39.7 Å². The third-order valence-electron chi connectivity index (χ3n) is 4.80. The normalized spacial score (nSPS) is 15.4. The van der Waals surface area contributed by atoms with Gasteiger partial charge in [0.15, 0.2) is 0 Å². The third kappa shape index (κ3) is 5.02. The quantitative estimate of drug-likeness (QED) is 0.813. The summed E-state index contributed by atoms with van der Waals surface area (Å²) in [6, 6.07) is 8.49. The Hall–Kier alpha value is -2.43. The summed E-state index contributed by atoms with van der Waals surface area (Å²) in [5, 5.41) is 6.32. The largest absolute Gasteiger partial charge is 0.350 e. The van der Waals surface area contributed by atoms with Gasteiger partial charge in [0.25, 0.3) is 5.91 Å². The van der Waals surface area contributed by atoms with Gasteiger partial charge in [-0.2, -0.15) is 0 Å². The lowest BCUT2D eigenvalue weighted by Crippen LogP contribution is -2.34. The Bertz CT molecular complexity index is 691. The molecule has 3 rings (SSSR count). The fraction of sp³-hybridized carbons (Fsp3) is 0.450. The van der Waals surface area contributed by atoms with Gasteiger partial charge in [0.2, 0.25) is 5.95 Å². The van der Waals surface area contributed by atoms with Crippen molar-refractivity contribution in [1.82, 2.24) is 15.3 Å². The molecule has 2 N–H and O–H groups in total. The first-order chi connectivity index (χ1) is 12.2. The van der Waals surface area contributed by atoms with Gasteiger partial charge in [-0.1, -0.05) is 49.9 Å². The van der Waals surface area contributed by atoms with Gasteiger partial charge in [0, 0.05) is 25.0 Å². The van der Waals surface area contributed by atoms with Gasteiger partial charge in [-0.15, -0.1) is 0 Å². The number of aryl methyl sites for hydroxylation is 1. The molecule has 1 heterocycles. The minimum atomic E-state index is -0.0719. The van der Waals surface area contributed by atoms with E-state index in [1.807, 2.05) is 12.1 Å². The molecular weight excluding hydrogens is 312 g/mol. The summed E-state index contributed by atoms with van der Waals surface area (Å²) in [4.78, 5) is 20.9. The Balaban J connectivity index is 1.54. The Morgan fingerprint density at radius 1 is 1.08 bits per heavy atom. The fourth-order valence-electron chi connectivity index (χ4n) is 3.21. The first-order valence-corrected chi connectivity index (χ1v) is 9.13. The predicted molar refractivity (Wildman–Crippen MR) is 99.5 cm³/mol. The molecule has 1 aromatic carbocycles. The predicted octanol–water partition coefficient (Wildman–Crippen LogP) is 3.85. The van der Waals surface area contributed by atoms with Crippen LogP contribution in [0, 0.1) is 6.92 Å². The van der Waals surface area contributed by atoms with Gasteiger partial charge < -0.3 is 10.6 Å². The van der Waals surface area contributed by atoms with E-state index in [0.717, 1.165) is 12.8 Å². The topological polar surface area (TPSA) is 66.9 Å². The Morgan fingerprint density at radius 3 is 2.44 bits per heavy atom. The second-order valence-corrected chi connectivity index (χ2v) is 6.74. The third-order valence-corrected chi connectivity index (χ3v) is 4.80. The highest BCUT2D eigenvalue weighted by Crippen LogP contribution is 2.17. The maximum Gasteiger partial charge on any atom is 0.254 e. The van der Waals surface area contributed by atoms with Crippen molar-refractivity contribution in [1.29, 1.82) is 0 Å². The number of hydrogen-bond donors (Lipinski definition) is 2. The summed E-state index contributed by atoms with van der Waals surface area (Å²) in [6.07, 6.45) is 10.3. The van der Waals surface area contributed by atoms with Gasteiger partial charge in [-0.25, -0.2) is 9.97 Å². The molecule has 0 unspecified atom stereocenters. The number of aromatic nitrogens is 2. The van der Waals surface area contributed by atoms with Crippen LogP contribution in [0.5, 0.6) is 0 Å². The number of carbonyl (C=O) groups is 1. The summed E-state index contributed by atoms with van der Waals surface area (Å²) < 4.78 is 0. The Kier molecular flexibility index (Phi) is 5.99. The second kappa shape index (κ2) is 8.60. The fourth-order valence-corrected chi connectivity index (χ4v) is 3.21. The van der Waals surface area contributed by atoms with Crippen LogP contribution >= 0.6 is 0 Å². The molecule has 1 saturated carbocycles. The van der Waals surface area contributed by atoms with E-state index in [4.69, 9.17) is 0 Å². The molecule has 25 heavy (non-hydrogen) atoms. The van der Waals surface area contributed by atoms with Crippen molar-refractivity contribution in [2.24, 2.45) is 0 Å². The van der Waals surface area contributed by atoms with Crippen molar-refractivity contribution in [3.8, 4) is 0 Å². The molecule has 5 heteroatoms. The van der Waals surface area contributed by atoms with Crippen LogP contribution in [0.2, 0.25) is 0 Å². The van der Waals surface area contributed by atoms with Crippen molar-refractivity contribution in [2.45, 2.75) is 58.0 Å². The molecule has 5 nitrogen and oxygen atoms in total. The van der Waals surface area contributed by atoms with E-state index >= 15 is 0 Å². The summed E-state index contributed by atoms with van der Waals surface area (Å²) in [5.74, 6) is 0.464. The van der Waals surface area contributed by atoms with Crippen LogP contribution in [0.4, 0.5) is 5.95 Å². The monoisotopic (exact) mass is 338 g/mol. The van der Waals surface area contributed by atoms with Crippen LogP contribution in [0.3, 0.4) is 0 Å². The molecule has 0 aliphatic heterocycles. The van der Waals surface area contributed by atoms with Crippen molar-refractivity contribution >= 4 is 11.9 Å². The number of carbonyl (C=O) groups excluding carboxylic acids is 1. The lowest BCUT2D eigenvalue weighted by molar-refractivity contribution is 0.0932. The van der Waals surface area contributed by atoms with Gasteiger partial charge in [-0.3, -0.25) is 4.79 Å². The Morgan fingerprint density at radius 2 is 1.76 bits per heavy atom. The molecule has 0 radical (unpaired) electrons. The van der Waals surface area contributed by atoms with Crippen molar-refractivity contribution in [3.05, 3.63) is 53.3 Å². The zero-order chi connectivity index (χ0) is 17.5. The van der Waals surface area contributed by atoms with Crippen molar-refractivity contribution in [3.63, 3.8) is 0 Å². The zero-order valence-corrected chi connectivity index (χ0v) is 14.8. The lowest BCUT2D eigenvalue weighted by atomic mass is 10.1. The van der Waals surface area contributed by atoms with Crippen LogP contribution in [-0.4, -0.2) is 21.9 Å². The van der Waals surface area contributed by atoms with Gasteiger partial charge in [-0.05, 0) is 30.9 Å². The molecule has 1 aliphatic rings. The van der Waals surface area contributed by atoms with Gasteiger partial charge in [0.1, 0.15) is 0 Å². The maximum atomic E-state index is 12.3. The number of rotatable bonds is 5. The first kappa shape index (κ1) is 17.4. The minimum absolute atomic E-state index is 0.0719. The van der Waals surface area contributed by atoms with Gasteiger partial charge >= 0.3 is 0 Å². The van der Waals surface area contributed by atoms with Crippen molar-refractivity contribution in [2.75, 3.05) is 5.32 Å². The van der Waals surface area contributed by atoms with E-state index in [9.17, 15) is 4.79 Å². The molecule has 0 spiro atoms. The number of amides is 1. The summed E-state index contributed by atoms with van der Waals surface area (Å²) >= 11 is 0. The van der Waals surface area contributed by atoms with E-state index in [0.29, 0.717) is 18.1 Å². The van der Waals surface area contributed by atoms with Crippen LogP contribution < -0.4 is 10.6 Å². The average molecular weight is 338 g/mol.